The van der Waals surface area contributed by atoms with Crippen LogP contribution in [0, 0.1) is 0 Å². The number of hydrogen-bond acceptors (Lipinski definition) is 5. The lowest BCUT2D eigenvalue weighted by atomic mass is 9.84. The van der Waals surface area contributed by atoms with Gasteiger partial charge in [-0.1, -0.05) is 26.0 Å². The zero-order chi connectivity index (χ0) is 21.6. The molecule has 162 valence electrons. The highest BCUT2D eigenvalue weighted by atomic mass is 16.5. The predicted molar refractivity (Wildman–Crippen MR) is 122 cm³/mol. The van der Waals surface area contributed by atoms with Gasteiger partial charge in [-0.25, -0.2) is 4.98 Å². The van der Waals surface area contributed by atoms with Gasteiger partial charge in [0.15, 0.2) is 17.5 Å². The topological polar surface area (TPSA) is 62.2 Å². The van der Waals surface area contributed by atoms with Gasteiger partial charge in [0.2, 0.25) is 0 Å². The quantitative estimate of drug-likeness (QED) is 0.583. The van der Waals surface area contributed by atoms with Crippen molar-refractivity contribution in [3.05, 3.63) is 48.2 Å². The second-order valence-electron chi connectivity index (χ2n) is 8.02. The SMILES string of the molecule is CN=C(NCC(C)(C)c1ccc(OC)c(OC)c1)N1CCN(c2ccccn2)CC1. The van der Waals surface area contributed by atoms with E-state index >= 15 is 0 Å². The van der Waals surface area contributed by atoms with Crippen LogP contribution in [0.2, 0.25) is 0 Å². The van der Waals surface area contributed by atoms with Gasteiger partial charge in [0.05, 0.1) is 14.2 Å². The largest absolute Gasteiger partial charge is 0.493 e. The average Bonchev–Trinajstić information content (AvgIpc) is 2.80. The summed E-state index contributed by atoms with van der Waals surface area (Å²) in [6.45, 7) is 8.87. The number of nitrogens with zero attached hydrogens (tertiary/aromatic N) is 4. The number of ether oxygens (including phenoxy) is 2. The molecule has 1 N–H and O–H groups in total. The highest BCUT2D eigenvalue weighted by Gasteiger charge is 2.25. The zero-order valence-corrected chi connectivity index (χ0v) is 18.7. The van der Waals surface area contributed by atoms with E-state index in [2.05, 4.69) is 57.1 Å². The van der Waals surface area contributed by atoms with Crippen molar-refractivity contribution in [2.24, 2.45) is 4.99 Å². The molecule has 0 radical (unpaired) electrons. The Morgan fingerprint density at radius 3 is 2.40 bits per heavy atom. The smallest absolute Gasteiger partial charge is 0.193 e. The summed E-state index contributed by atoms with van der Waals surface area (Å²) in [7, 11) is 5.16. The van der Waals surface area contributed by atoms with Crippen molar-refractivity contribution < 1.29 is 9.47 Å². The second-order valence-corrected chi connectivity index (χ2v) is 8.02. The van der Waals surface area contributed by atoms with Crippen molar-refractivity contribution in [1.29, 1.82) is 0 Å². The van der Waals surface area contributed by atoms with Crippen LogP contribution in [-0.2, 0) is 5.41 Å². The summed E-state index contributed by atoms with van der Waals surface area (Å²) >= 11 is 0. The Morgan fingerprint density at radius 2 is 1.80 bits per heavy atom. The van der Waals surface area contributed by atoms with Gasteiger partial charge in [-0.2, -0.15) is 0 Å². The molecule has 1 aromatic carbocycles. The number of aromatic nitrogens is 1. The fourth-order valence-electron chi connectivity index (χ4n) is 3.68. The van der Waals surface area contributed by atoms with Crippen LogP contribution < -0.4 is 19.7 Å². The molecule has 1 fully saturated rings. The van der Waals surface area contributed by atoms with E-state index in [9.17, 15) is 0 Å². The number of nitrogens with one attached hydrogen (secondary N) is 1. The molecular weight excluding hydrogens is 378 g/mol. The Kier molecular flexibility index (Phi) is 7.03. The molecule has 1 aromatic heterocycles. The van der Waals surface area contributed by atoms with E-state index < -0.39 is 0 Å². The number of methoxy groups -OCH3 is 2. The van der Waals surface area contributed by atoms with Gasteiger partial charge in [-0.3, -0.25) is 4.99 Å². The highest BCUT2D eigenvalue weighted by molar-refractivity contribution is 5.80. The molecule has 3 rings (SSSR count). The van der Waals surface area contributed by atoms with Gasteiger partial charge in [-0.05, 0) is 29.8 Å². The Hall–Kier alpha value is -2.96. The standard InChI is InChI=1S/C23H33N5O2/c1-23(2,18-9-10-19(29-4)20(16-18)30-5)17-26-22(24-3)28-14-12-27(13-15-28)21-8-6-7-11-25-21/h6-11,16H,12-15,17H2,1-5H3,(H,24,26). The molecule has 0 unspecified atom stereocenters. The Labute approximate surface area is 179 Å². The van der Waals surface area contributed by atoms with E-state index in [0.717, 1.165) is 56.0 Å². The first-order valence-corrected chi connectivity index (χ1v) is 10.3. The van der Waals surface area contributed by atoms with E-state index in [1.807, 2.05) is 31.4 Å². The Bertz CT molecular complexity index is 846. The van der Waals surface area contributed by atoms with E-state index in [1.165, 1.54) is 5.56 Å². The van der Waals surface area contributed by atoms with Crippen molar-refractivity contribution in [1.82, 2.24) is 15.2 Å². The lowest BCUT2D eigenvalue weighted by Gasteiger charge is -2.38. The summed E-state index contributed by atoms with van der Waals surface area (Å²) in [6, 6.07) is 12.2. The summed E-state index contributed by atoms with van der Waals surface area (Å²) in [5, 5.41) is 3.57. The number of piperazine rings is 1. The molecule has 0 bridgehead atoms. The number of hydrogen-bond donors (Lipinski definition) is 1. The van der Waals surface area contributed by atoms with Crippen LogP contribution in [0.3, 0.4) is 0 Å². The minimum absolute atomic E-state index is 0.106. The van der Waals surface area contributed by atoms with Crippen LogP contribution in [0.1, 0.15) is 19.4 Å². The first kappa shape index (κ1) is 21.7. The molecule has 0 amide bonds. The number of anilines is 1. The molecule has 1 aliphatic heterocycles. The van der Waals surface area contributed by atoms with Crippen LogP contribution in [0.5, 0.6) is 11.5 Å². The van der Waals surface area contributed by atoms with Gasteiger partial charge in [0.1, 0.15) is 5.82 Å². The van der Waals surface area contributed by atoms with Crippen molar-refractivity contribution in [3.63, 3.8) is 0 Å². The Balaban J connectivity index is 1.60. The second kappa shape index (κ2) is 9.69. The summed E-state index contributed by atoms with van der Waals surface area (Å²) in [5.74, 6) is 3.46. The number of guanidine groups is 1. The maximum atomic E-state index is 5.47. The van der Waals surface area contributed by atoms with E-state index in [-0.39, 0.29) is 5.41 Å². The fourth-order valence-corrected chi connectivity index (χ4v) is 3.68. The third kappa shape index (κ3) is 4.96. The molecule has 0 saturated carbocycles. The molecule has 0 atom stereocenters. The molecule has 0 aliphatic carbocycles. The monoisotopic (exact) mass is 411 g/mol. The maximum absolute atomic E-state index is 5.47. The zero-order valence-electron chi connectivity index (χ0n) is 18.7. The lowest BCUT2D eigenvalue weighted by molar-refractivity contribution is 0.352. The minimum Gasteiger partial charge on any atom is -0.493 e. The fraction of sp³-hybridized carbons (Fsp3) is 0.478. The third-order valence-electron chi connectivity index (χ3n) is 5.62. The molecule has 1 aliphatic rings. The summed E-state index contributed by atoms with van der Waals surface area (Å²) in [4.78, 5) is 13.6. The van der Waals surface area contributed by atoms with Crippen molar-refractivity contribution in [3.8, 4) is 11.5 Å². The molecule has 2 heterocycles. The molecule has 0 spiro atoms. The van der Waals surface area contributed by atoms with Crippen molar-refractivity contribution >= 4 is 11.8 Å². The van der Waals surface area contributed by atoms with E-state index in [4.69, 9.17) is 9.47 Å². The first-order valence-electron chi connectivity index (χ1n) is 10.3. The van der Waals surface area contributed by atoms with E-state index in [0.29, 0.717) is 0 Å². The first-order chi connectivity index (χ1) is 14.5. The van der Waals surface area contributed by atoms with Crippen LogP contribution >= 0.6 is 0 Å². The van der Waals surface area contributed by atoms with Crippen molar-refractivity contribution in [2.75, 3.05) is 58.9 Å². The average molecular weight is 412 g/mol. The van der Waals surface area contributed by atoms with Crippen LogP contribution in [0.4, 0.5) is 5.82 Å². The molecule has 7 nitrogen and oxygen atoms in total. The summed E-state index contributed by atoms with van der Waals surface area (Å²) in [6.07, 6.45) is 1.85. The molecule has 7 heteroatoms. The molecular formula is C23H33N5O2. The van der Waals surface area contributed by atoms with Crippen LogP contribution in [-0.4, -0.2) is 69.8 Å². The molecule has 1 saturated heterocycles. The normalized spacial score (nSPS) is 15.2. The lowest BCUT2D eigenvalue weighted by Crippen LogP contribution is -2.54. The third-order valence-corrected chi connectivity index (χ3v) is 5.62. The highest BCUT2D eigenvalue weighted by Crippen LogP contribution is 2.32. The summed E-state index contributed by atoms with van der Waals surface area (Å²) in [5.41, 5.74) is 1.08. The van der Waals surface area contributed by atoms with Crippen LogP contribution in [0.25, 0.3) is 0 Å². The minimum atomic E-state index is -0.106. The van der Waals surface area contributed by atoms with Crippen LogP contribution in [0.15, 0.2) is 47.6 Å². The molecule has 30 heavy (non-hydrogen) atoms. The van der Waals surface area contributed by atoms with Gasteiger partial charge >= 0.3 is 0 Å². The van der Waals surface area contributed by atoms with Crippen molar-refractivity contribution in [2.45, 2.75) is 19.3 Å². The van der Waals surface area contributed by atoms with Gasteiger partial charge < -0.3 is 24.6 Å². The number of rotatable bonds is 6. The molecule has 2 aromatic rings. The Morgan fingerprint density at radius 1 is 1.07 bits per heavy atom. The summed E-state index contributed by atoms with van der Waals surface area (Å²) < 4.78 is 10.8. The number of aliphatic imine (C=N–C) groups is 1. The van der Waals surface area contributed by atoms with Gasteiger partial charge in [0, 0.05) is 51.4 Å². The number of pyridine rings is 1. The van der Waals surface area contributed by atoms with Gasteiger partial charge in [-0.15, -0.1) is 0 Å². The van der Waals surface area contributed by atoms with E-state index in [1.54, 1.807) is 14.2 Å². The number of benzene rings is 1. The van der Waals surface area contributed by atoms with Gasteiger partial charge in [0.25, 0.3) is 0 Å². The predicted octanol–water partition coefficient (Wildman–Crippen LogP) is 2.77. The maximum Gasteiger partial charge on any atom is 0.193 e.